The molecule has 0 bridgehead atoms. The monoisotopic (exact) mass is 390 g/mol. The quantitative estimate of drug-likeness (QED) is 0.552. The predicted octanol–water partition coefficient (Wildman–Crippen LogP) is 5.62. The summed E-state index contributed by atoms with van der Waals surface area (Å²) in [5.41, 5.74) is 1.13. The smallest absolute Gasteiger partial charge is 0.0715 e. The third kappa shape index (κ3) is 6.37. The van der Waals surface area contributed by atoms with E-state index in [1.807, 2.05) is 6.20 Å². The van der Waals surface area contributed by atoms with Crippen molar-refractivity contribution in [2.24, 2.45) is 0 Å². The summed E-state index contributed by atoms with van der Waals surface area (Å²) in [6, 6.07) is 2.43. The highest BCUT2D eigenvalue weighted by molar-refractivity contribution is 9.11. The van der Waals surface area contributed by atoms with Crippen LogP contribution >= 0.6 is 31.9 Å². The lowest BCUT2D eigenvalue weighted by molar-refractivity contribution is 0.468. The van der Waals surface area contributed by atoms with Gasteiger partial charge in [0.25, 0.3) is 0 Å². The van der Waals surface area contributed by atoms with Crippen molar-refractivity contribution in [2.75, 3.05) is 6.54 Å². The lowest BCUT2D eigenvalue weighted by atomic mass is 10.0. The summed E-state index contributed by atoms with van der Waals surface area (Å²) in [5, 5.41) is 3.54. The molecular formula is C15H24Br2N2. The van der Waals surface area contributed by atoms with Gasteiger partial charge in [-0.15, -0.1) is 0 Å². The van der Waals surface area contributed by atoms with Crippen LogP contribution in [0, 0.1) is 0 Å². The van der Waals surface area contributed by atoms with Gasteiger partial charge in [-0.3, -0.25) is 4.98 Å². The summed E-state index contributed by atoms with van der Waals surface area (Å²) in [5.74, 6) is 0. The molecule has 1 N–H and O–H groups in total. The molecule has 0 aliphatic carbocycles. The first kappa shape index (κ1) is 17.1. The van der Waals surface area contributed by atoms with Gasteiger partial charge < -0.3 is 5.32 Å². The third-order valence-corrected chi connectivity index (χ3v) is 4.28. The van der Waals surface area contributed by atoms with Crippen molar-refractivity contribution in [1.29, 1.82) is 0 Å². The minimum Gasteiger partial charge on any atom is -0.309 e. The summed E-state index contributed by atoms with van der Waals surface area (Å²) in [6.07, 6.45) is 9.63. The molecule has 1 aromatic rings. The first-order valence-corrected chi connectivity index (χ1v) is 8.82. The molecule has 0 saturated carbocycles. The Morgan fingerprint density at radius 1 is 1.16 bits per heavy atom. The summed E-state index contributed by atoms with van der Waals surface area (Å²) in [4.78, 5) is 4.56. The normalized spacial score (nSPS) is 12.6. The second kappa shape index (κ2) is 9.89. The molecule has 0 amide bonds. The number of nitrogens with zero attached hydrogens (tertiary/aromatic N) is 1. The lowest BCUT2D eigenvalue weighted by Crippen LogP contribution is -2.22. The molecule has 1 unspecified atom stereocenters. The van der Waals surface area contributed by atoms with E-state index in [2.05, 4.69) is 62.1 Å². The number of rotatable bonds is 9. The number of aromatic nitrogens is 1. The topological polar surface area (TPSA) is 24.9 Å². The van der Waals surface area contributed by atoms with Crippen LogP contribution in [0.25, 0.3) is 0 Å². The van der Waals surface area contributed by atoms with Crippen molar-refractivity contribution in [3.8, 4) is 0 Å². The van der Waals surface area contributed by atoms with E-state index >= 15 is 0 Å². The predicted molar refractivity (Wildman–Crippen MR) is 89.4 cm³/mol. The Hall–Kier alpha value is 0.0700. The van der Waals surface area contributed by atoms with Gasteiger partial charge >= 0.3 is 0 Å². The van der Waals surface area contributed by atoms with Crippen molar-refractivity contribution in [1.82, 2.24) is 10.3 Å². The average molecular weight is 392 g/mol. The molecule has 0 spiro atoms. The lowest BCUT2D eigenvalue weighted by Gasteiger charge is -2.18. The van der Waals surface area contributed by atoms with E-state index in [-0.39, 0.29) is 0 Å². The maximum atomic E-state index is 4.56. The van der Waals surface area contributed by atoms with Crippen molar-refractivity contribution in [2.45, 2.75) is 58.4 Å². The van der Waals surface area contributed by atoms with Gasteiger partial charge in [0, 0.05) is 15.1 Å². The Bertz CT molecular complexity index is 369. The van der Waals surface area contributed by atoms with Crippen LogP contribution in [0.1, 0.15) is 64.1 Å². The van der Waals surface area contributed by atoms with Crippen molar-refractivity contribution in [3.05, 3.63) is 26.9 Å². The van der Waals surface area contributed by atoms with E-state index in [1.165, 1.54) is 32.1 Å². The van der Waals surface area contributed by atoms with Crippen LogP contribution in [0.2, 0.25) is 0 Å². The Balaban J connectivity index is 2.55. The molecule has 2 nitrogen and oxygen atoms in total. The van der Waals surface area contributed by atoms with Crippen LogP contribution in [0.5, 0.6) is 0 Å². The van der Waals surface area contributed by atoms with Gasteiger partial charge in [-0.1, -0.05) is 46.0 Å². The zero-order valence-corrected chi connectivity index (χ0v) is 15.1. The Labute approximate surface area is 134 Å². The van der Waals surface area contributed by atoms with E-state index < -0.39 is 0 Å². The molecule has 0 saturated heterocycles. The maximum absolute atomic E-state index is 4.56. The highest BCUT2D eigenvalue weighted by Crippen LogP contribution is 2.27. The first-order valence-electron chi connectivity index (χ1n) is 7.23. The summed E-state index contributed by atoms with van der Waals surface area (Å²) >= 11 is 7.07. The molecule has 0 fully saturated rings. The number of unbranched alkanes of at least 4 members (excludes halogenated alkanes) is 4. The van der Waals surface area contributed by atoms with Crippen LogP contribution in [0.3, 0.4) is 0 Å². The first-order chi connectivity index (χ1) is 9.19. The third-order valence-electron chi connectivity index (χ3n) is 3.21. The molecule has 19 heavy (non-hydrogen) atoms. The van der Waals surface area contributed by atoms with Crippen LogP contribution in [-0.4, -0.2) is 11.5 Å². The summed E-state index contributed by atoms with van der Waals surface area (Å²) in [6.45, 7) is 5.38. The fourth-order valence-electron chi connectivity index (χ4n) is 2.22. The van der Waals surface area contributed by atoms with Crippen LogP contribution in [0.15, 0.2) is 21.2 Å². The molecule has 0 aromatic carbocycles. The Kier molecular flexibility index (Phi) is 8.92. The highest BCUT2D eigenvalue weighted by atomic mass is 79.9. The average Bonchev–Trinajstić information content (AvgIpc) is 2.38. The highest BCUT2D eigenvalue weighted by Gasteiger charge is 2.14. The van der Waals surface area contributed by atoms with Gasteiger partial charge in [-0.05, 0) is 50.9 Å². The number of hydrogen-bond acceptors (Lipinski definition) is 2. The van der Waals surface area contributed by atoms with Crippen LogP contribution in [-0.2, 0) is 0 Å². The molecule has 0 radical (unpaired) electrons. The number of pyridine rings is 1. The second-order valence-corrected chi connectivity index (χ2v) is 6.60. The fourth-order valence-corrected chi connectivity index (χ4v) is 3.48. The van der Waals surface area contributed by atoms with Crippen molar-refractivity contribution >= 4 is 31.9 Å². The molecule has 0 aliphatic heterocycles. The second-order valence-electron chi connectivity index (χ2n) is 4.83. The molecule has 1 rings (SSSR count). The zero-order chi connectivity index (χ0) is 14.1. The number of nitrogens with one attached hydrogen (secondary N) is 1. The fraction of sp³-hybridized carbons (Fsp3) is 0.667. The molecule has 108 valence electrons. The zero-order valence-electron chi connectivity index (χ0n) is 11.9. The largest absolute Gasteiger partial charge is 0.309 e. The van der Waals surface area contributed by atoms with Gasteiger partial charge in [0.05, 0.1) is 11.7 Å². The van der Waals surface area contributed by atoms with E-state index in [0.717, 1.165) is 27.6 Å². The molecule has 1 heterocycles. The number of hydrogen-bond donors (Lipinski definition) is 1. The van der Waals surface area contributed by atoms with Crippen LogP contribution in [0.4, 0.5) is 0 Å². The summed E-state index contributed by atoms with van der Waals surface area (Å²) in [7, 11) is 0. The SMILES string of the molecule is CCCCCCCC(NCC)c1ncc(Br)cc1Br. The van der Waals surface area contributed by atoms with E-state index in [4.69, 9.17) is 0 Å². The molecule has 0 aliphatic rings. The summed E-state index contributed by atoms with van der Waals surface area (Å²) < 4.78 is 2.10. The van der Waals surface area contributed by atoms with Gasteiger partial charge in [-0.25, -0.2) is 0 Å². The van der Waals surface area contributed by atoms with E-state index in [1.54, 1.807) is 0 Å². The minimum absolute atomic E-state index is 0.356. The minimum atomic E-state index is 0.356. The van der Waals surface area contributed by atoms with Gasteiger partial charge in [0.1, 0.15) is 0 Å². The van der Waals surface area contributed by atoms with Gasteiger partial charge in [0.2, 0.25) is 0 Å². The Morgan fingerprint density at radius 3 is 2.53 bits per heavy atom. The van der Waals surface area contributed by atoms with Crippen molar-refractivity contribution < 1.29 is 0 Å². The number of halogens is 2. The van der Waals surface area contributed by atoms with Gasteiger partial charge in [0.15, 0.2) is 0 Å². The van der Waals surface area contributed by atoms with E-state index in [0.29, 0.717) is 6.04 Å². The Morgan fingerprint density at radius 2 is 1.89 bits per heavy atom. The molecule has 1 atom stereocenters. The van der Waals surface area contributed by atoms with Gasteiger partial charge in [-0.2, -0.15) is 0 Å². The van der Waals surface area contributed by atoms with Crippen LogP contribution < -0.4 is 5.32 Å². The van der Waals surface area contributed by atoms with E-state index in [9.17, 15) is 0 Å². The molecule has 1 aromatic heterocycles. The standard InChI is InChI=1S/C15H24Br2N2/c1-3-5-6-7-8-9-14(18-4-2)15-13(17)10-12(16)11-19-15/h10-11,14,18H,3-9H2,1-2H3. The molecular weight excluding hydrogens is 368 g/mol. The van der Waals surface area contributed by atoms with Crippen molar-refractivity contribution in [3.63, 3.8) is 0 Å². The molecule has 4 heteroatoms. The maximum Gasteiger partial charge on any atom is 0.0715 e.